The lowest BCUT2D eigenvalue weighted by molar-refractivity contribution is -0.119. The van der Waals surface area contributed by atoms with Gasteiger partial charge < -0.3 is 19.9 Å². The van der Waals surface area contributed by atoms with Crippen LogP contribution in [0.2, 0.25) is 0 Å². The summed E-state index contributed by atoms with van der Waals surface area (Å²) in [7, 11) is 4.97. The lowest BCUT2D eigenvalue weighted by Gasteiger charge is -2.43. The van der Waals surface area contributed by atoms with E-state index in [1.807, 2.05) is 47.4 Å². The van der Waals surface area contributed by atoms with Gasteiger partial charge in [-0.15, -0.1) is 0 Å². The van der Waals surface area contributed by atoms with E-state index in [-0.39, 0.29) is 24.5 Å². The highest BCUT2D eigenvalue weighted by Crippen LogP contribution is 2.37. The van der Waals surface area contributed by atoms with Gasteiger partial charge in [-0.05, 0) is 29.8 Å². The number of carbonyl (C=O) groups excluding carboxylic acids is 2. The molecule has 0 aliphatic carbocycles. The maximum atomic E-state index is 12.8. The Kier molecular flexibility index (Phi) is 4.61. The molecule has 1 N–H and O–H groups in total. The Labute approximate surface area is 147 Å². The van der Waals surface area contributed by atoms with E-state index in [0.29, 0.717) is 5.56 Å². The van der Waals surface area contributed by atoms with Crippen LogP contribution in [0.15, 0.2) is 48.5 Å². The maximum Gasteiger partial charge on any atom is 0.257 e. The summed E-state index contributed by atoms with van der Waals surface area (Å²) in [4.78, 5) is 28.5. The van der Waals surface area contributed by atoms with E-state index in [4.69, 9.17) is 4.74 Å². The molecule has 0 radical (unpaired) electrons. The number of benzene rings is 2. The highest BCUT2D eigenvalue weighted by molar-refractivity contribution is 6.02. The summed E-state index contributed by atoms with van der Waals surface area (Å²) in [5.74, 6) is 0.562. The molecule has 0 spiro atoms. The van der Waals surface area contributed by atoms with Crippen molar-refractivity contribution < 1.29 is 14.3 Å². The van der Waals surface area contributed by atoms with Crippen LogP contribution in [0.3, 0.4) is 0 Å². The number of nitrogens with zero attached hydrogens (tertiary/aromatic N) is 2. The SMILES string of the molecule is CNC(=O)CN1c2ccccc2C(=O)N(C)[C@@H]1c1ccc(OC)cc1. The smallest absolute Gasteiger partial charge is 0.257 e. The van der Waals surface area contributed by atoms with E-state index in [1.54, 1.807) is 32.2 Å². The van der Waals surface area contributed by atoms with Crippen LogP contribution in [-0.4, -0.2) is 44.5 Å². The summed E-state index contributed by atoms with van der Waals surface area (Å²) in [6, 6.07) is 14.9. The molecule has 0 unspecified atom stereocenters. The minimum absolute atomic E-state index is 0.0652. The number of hydrogen-bond acceptors (Lipinski definition) is 4. The van der Waals surface area contributed by atoms with Gasteiger partial charge in [-0.3, -0.25) is 9.59 Å². The summed E-state index contributed by atoms with van der Waals surface area (Å²) in [6.45, 7) is 0.155. The number of anilines is 1. The Morgan fingerprint density at radius 3 is 2.48 bits per heavy atom. The van der Waals surface area contributed by atoms with Gasteiger partial charge in [0, 0.05) is 14.1 Å². The molecule has 2 aromatic rings. The standard InChI is InChI=1S/C19H21N3O3/c1-20-17(23)12-22-16-7-5-4-6-15(16)19(24)21(2)18(22)13-8-10-14(25-3)11-9-13/h4-11,18H,12H2,1-3H3,(H,20,23)/t18-/m0/s1. The lowest BCUT2D eigenvalue weighted by atomic mass is 10.0. The van der Waals surface area contributed by atoms with E-state index < -0.39 is 0 Å². The molecule has 25 heavy (non-hydrogen) atoms. The molecule has 1 heterocycles. The van der Waals surface area contributed by atoms with Crippen molar-refractivity contribution in [1.29, 1.82) is 0 Å². The minimum atomic E-state index is -0.370. The molecular formula is C19H21N3O3. The first-order valence-electron chi connectivity index (χ1n) is 8.04. The van der Waals surface area contributed by atoms with Gasteiger partial charge in [-0.2, -0.15) is 0 Å². The van der Waals surface area contributed by atoms with Crippen molar-refractivity contribution in [2.24, 2.45) is 0 Å². The summed E-state index contributed by atoms with van der Waals surface area (Å²) in [6.07, 6.45) is -0.370. The van der Waals surface area contributed by atoms with Gasteiger partial charge in [-0.1, -0.05) is 24.3 Å². The number of para-hydroxylation sites is 1. The van der Waals surface area contributed by atoms with Gasteiger partial charge in [0.25, 0.3) is 5.91 Å². The van der Waals surface area contributed by atoms with Crippen molar-refractivity contribution in [2.45, 2.75) is 6.17 Å². The van der Waals surface area contributed by atoms with Gasteiger partial charge in [0.2, 0.25) is 5.91 Å². The first-order valence-corrected chi connectivity index (χ1v) is 8.04. The number of carbonyl (C=O) groups is 2. The van der Waals surface area contributed by atoms with E-state index in [9.17, 15) is 9.59 Å². The minimum Gasteiger partial charge on any atom is -0.497 e. The van der Waals surface area contributed by atoms with Gasteiger partial charge >= 0.3 is 0 Å². The monoisotopic (exact) mass is 339 g/mol. The van der Waals surface area contributed by atoms with Crippen LogP contribution in [-0.2, 0) is 4.79 Å². The molecular weight excluding hydrogens is 318 g/mol. The zero-order valence-corrected chi connectivity index (χ0v) is 14.5. The fourth-order valence-electron chi connectivity index (χ4n) is 3.13. The summed E-state index contributed by atoms with van der Waals surface area (Å²) in [5, 5.41) is 2.66. The molecule has 0 saturated heterocycles. The van der Waals surface area contributed by atoms with Crippen molar-refractivity contribution in [3.8, 4) is 5.75 Å². The predicted octanol–water partition coefficient (Wildman–Crippen LogP) is 2.03. The third-order valence-corrected chi connectivity index (χ3v) is 4.43. The third kappa shape index (κ3) is 3.03. The number of hydrogen-bond donors (Lipinski definition) is 1. The van der Waals surface area contributed by atoms with E-state index in [1.165, 1.54) is 0 Å². The van der Waals surface area contributed by atoms with Gasteiger partial charge in [-0.25, -0.2) is 0 Å². The Bertz CT molecular complexity index is 789. The quantitative estimate of drug-likeness (QED) is 0.926. The second-order valence-electron chi connectivity index (χ2n) is 5.88. The fraction of sp³-hybridized carbons (Fsp3) is 0.263. The average molecular weight is 339 g/mol. The summed E-state index contributed by atoms with van der Waals surface area (Å²) >= 11 is 0. The predicted molar refractivity (Wildman–Crippen MR) is 95.7 cm³/mol. The average Bonchev–Trinajstić information content (AvgIpc) is 2.66. The number of ether oxygens (including phenoxy) is 1. The molecule has 0 bridgehead atoms. The van der Waals surface area contributed by atoms with Crippen LogP contribution < -0.4 is 15.0 Å². The van der Waals surface area contributed by atoms with Crippen molar-refractivity contribution >= 4 is 17.5 Å². The molecule has 130 valence electrons. The maximum absolute atomic E-state index is 12.8. The zero-order chi connectivity index (χ0) is 18.0. The molecule has 3 rings (SSSR count). The summed E-state index contributed by atoms with van der Waals surface area (Å²) < 4.78 is 5.21. The Morgan fingerprint density at radius 1 is 1.16 bits per heavy atom. The Balaban J connectivity index is 2.09. The molecule has 1 atom stereocenters. The third-order valence-electron chi connectivity index (χ3n) is 4.43. The Morgan fingerprint density at radius 2 is 1.84 bits per heavy atom. The van der Waals surface area contributed by atoms with Crippen LogP contribution in [0, 0.1) is 0 Å². The van der Waals surface area contributed by atoms with Crippen molar-refractivity contribution in [3.05, 3.63) is 59.7 Å². The first kappa shape index (κ1) is 16.8. The zero-order valence-electron chi connectivity index (χ0n) is 14.5. The second-order valence-corrected chi connectivity index (χ2v) is 5.88. The molecule has 0 aromatic heterocycles. The lowest BCUT2D eigenvalue weighted by Crippen LogP contribution is -2.50. The van der Waals surface area contributed by atoms with E-state index in [2.05, 4.69) is 5.32 Å². The number of likely N-dealkylation sites (N-methyl/N-ethyl adjacent to an activating group) is 1. The van der Waals surface area contributed by atoms with Gasteiger partial charge in [0.15, 0.2) is 0 Å². The van der Waals surface area contributed by atoms with Crippen LogP contribution in [0.1, 0.15) is 22.1 Å². The molecule has 6 heteroatoms. The number of amides is 2. The molecule has 6 nitrogen and oxygen atoms in total. The molecule has 0 saturated carbocycles. The number of rotatable bonds is 4. The van der Waals surface area contributed by atoms with E-state index in [0.717, 1.165) is 17.0 Å². The van der Waals surface area contributed by atoms with Crippen LogP contribution >= 0.6 is 0 Å². The molecule has 0 fully saturated rings. The highest BCUT2D eigenvalue weighted by atomic mass is 16.5. The summed E-state index contributed by atoms with van der Waals surface area (Å²) in [5.41, 5.74) is 2.27. The molecule has 1 aliphatic heterocycles. The van der Waals surface area contributed by atoms with Crippen LogP contribution in [0.5, 0.6) is 5.75 Å². The number of fused-ring (bicyclic) bond motifs is 1. The van der Waals surface area contributed by atoms with Gasteiger partial charge in [0.05, 0.1) is 24.9 Å². The number of nitrogens with one attached hydrogen (secondary N) is 1. The topological polar surface area (TPSA) is 61.9 Å². The van der Waals surface area contributed by atoms with E-state index >= 15 is 0 Å². The normalized spacial score (nSPS) is 16.4. The molecule has 2 aromatic carbocycles. The van der Waals surface area contributed by atoms with Crippen molar-refractivity contribution in [3.63, 3.8) is 0 Å². The fourth-order valence-corrected chi connectivity index (χ4v) is 3.13. The Hall–Kier alpha value is -3.02. The largest absolute Gasteiger partial charge is 0.497 e. The highest BCUT2D eigenvalue weighted by Gasteiger charge is 2.36. The van der Waals surface area contributed by atoms with Crippen LogP contribution in [0.25, 0.3) is 0 Å². The second kappa shape index (κ2) is 6.84. The molecule has 1 aliphatic rings. The van der Waals surface area contributed by atoms with Crippen molar-refractivity contribution in [2.75, 3.05) is 32.6 Å². The van der Waals surface area contributed by atoms with Crippen molar-refractivity contribution in [1.82, 2.24) is 10.2 Å². The van der Waals surface area contributed by atoms with Gasteiger partial charge in [0.1, 0.15) is 11.9 Å². The number of methoxy groups -OCH3 is 1. The first-order chi connectivity index (χ1) is 12.1. The molecule has 2 amide bonds. The van der Waals surface area contributed by atoms with Crippen LogP contribution in [0.4, 0.5) is 5.69 Å².